The number of hydrogen-bond donors (Lipinski definition) is 1. The molecule has 0 spiro atoms. The molecule has 17 heavy (non-hydrogen) atoms. The van der Waals surface area contributed by atoms with Gasteiger partial charge in [0.2, 0.25) is 0 Å². The Morgan fingerprint density at radius 1 is 1.41 bits per heavy atom. The lowest BCUT2D eigenvalue weighted by Gasteiger charge is -2.26. The zero-order chi connectivity index (χ0) is 12.3. The predicted molar refractivity (Wildman–Crippen MR) is 68.8 cm³/mol. The van der Waals surface area contributed by atoms with Crippen LogP contribution < -0.4 is 0 Å². The summed E-state index contributed by atoms with van der Waals surface area (Å²) in [5.74, 6) is 3.46. The summed E-state index contributed by atoms with van der Waals surface area (Å²) in [5.41, 5.74) is 0. The van der Waals surface area contributed by atoms with Crippen molar-refractivity contribution in [3.8, 4) is 0 Å². The van der Waals surface area contributed by atoms with Crippen LogP contribution in [0, 0.1) is 11.8 Å². The molecule has 0 aliphatic heterocycles. The molecule has 0 saturated heterocycles. The van der Waals surface area contributed by atoms with Crippen LogP contribution in [0.3, 0.4) is 0 Å². The highest BCUT2D eigenvalue weighted by atomic mass is 32.2. The minimum Gasteiger partial charge on any atom is -0.388 e. The maximum absolute atomic E-state index is 9.05. The number of rotatable bonds is 4. The van der Waals surface area contributed by atoms with Crippen molar-refractivity contribution < 1.29 is 5.11 Å². The number of nitrogens with zero attached hydrogens (tertiary/aromatic N) is 3. The van der Waals surface area contributed by atoms with E-state index in [0.717, 1.165) is 22.7 Å². The van der Waals surface area contributed by atoms with Crippen molar-refractivity contribution in [1.82, 2.24) is 14.8 Å². The van der Waals surface area contributed by atoms with Gasteiger partial charge in [0, 0.05) is 12.8 Å². The second-order valence-corrected chi connectivity index (χ2v) is 6.05. The maximum Gasteiger partial charge on any atom is 0.191 e. The van der Waals surface area contributed by atoms with Gasteiger partial charge >= 0.3 is 0 Å². The third-order valence-corrected chi connectivity index (χ3v) is 4.81. The SMILES string of the molecule is C[C@H]1CCC[C@@H](CSc2nnc(CO)n2C)C1. The van der Waals surface area contributed by atoms with Gasteiger partial charge in [0.05, 0.1) is 0 Å². The van der Waals surface area contributed by atoms with Crippen molar-refractivity contribution >= 4 is 11.8 Å². The monoisotopic (exact) mass is 255 g/mol. The van der Waals surface area contributed by atoms with Crippen molar-refractivity contribution in [2.24, 2.45) is 18.9 Å². The van der Waals surface area contributed by atoms with E-state index in [9.17, 15) is 0 Å². The van der Waals surface area contributed by atoms with Gasteiger partial charge in [0.25, 0.3) is 0 Å². The molecule has 4 nitrogen and oxygen atoms in total. The van der Waals surface area contributed by atoms with E-state index in [1.165, 1.54) is 25.7 Å². The number of aliphatic hydroxyl groups is 1. The minimum atomic E-state index is -0.0372. The summed E-state index contributed by atoms with van der Waals surface area (Å²) in [7, 11) is 1.91. The van der Waals surface area contributed by atoms with Gasteiger partial charge in [-0.2, -0.15) is 0 Å². The summed E-state index contributed by atoms with van der Waals surface area (Å²) in [6.07, 6.45) is 5.45. The Bertz CT molecular complexity index is 367. The molecular formula is C12H21N3OS. The molecule has 2 rings (SSSR count). The molecule has 1 N–H and O–H groups in total. The number of thioether (sulfide) groups is 1. The van der Waals surface area contributed by atoms with Crippen molar-refractivity contribution in [1.29, 1.82) is 0 Å². The second-order valence-electron chi connectivity index (χ2n) is 5.06. The van der Waals surface area contributed by atoms with E-state index in [-0.39, 0.29) is 6.61 Å². The van der Waals surface area contributed by atoms with Crippen LogP contribution in [-0.4, -0.2) is 25.6 Å². The fourth-order valence-corrected chi connectivity index (χ4v) is 3.60. The second kappa shape index (κ2) is 5.87. The third kappa shape index (κ3) is 3.22. The molecule has 1 fully saturated rings. The number of hydrogen-bond acceptors (Lipinski definition) is 4. The molecule has 96 valence electrons. The standard InChI is InChI=1S/C12H21N3OS/c1-9-4-3-5-10(6-9)8-17-12-14-13-11(7-16)15(12)2/h9-10,16H,3-8H2,1-2H3/t9-,10+/m0/s1. The molecule has 0 aromatic carbocycles. The highest BCUT2D eigenvalue weighted by Gasteiger charge is 2.20. The zero-order valence-corrected chi connectivity index (χ0v) is 11.4. The van der Waals surface area contributed by atoms with Crippen LogP contribution in [0.2, 0.25) is 0 Å². The molecule has 1 aliphatic carbocycles. The van der Waals surface area contributed by atoms with Crippen molar-refractivity contribution in [2.75, 3.05) is 5.75 Å². The first-order valence-corrected chi connectivity index (χ1v) is 7.31. The van der Waals surface area contributed by atoms with Gasteiger partial charge in [0.15, 0.2) is 11.0 Å². The van der Waals surface area contributed by atoms with E-state index >= 15 is 0 Å². The molecule has 1 saturated carbocycles. The molecule has 0 bridgehead atoms. The first kappa shape index (κ1) is 12.9. The van der Waals surface area contributed by atoms with Gasteiger partial charge in [-0.1, -0.05) is 31.5 Å². The molecule has 1 aromatic heterocycles. The molecule has 0 unspecified atom stereocenters. The molecule has 1 aliphatic rings. The first-order valence-electron chi connectivity index (χ1n) is 6.32. The molecule has 0 radical (unpaired) electrons. The van der Waals surface area contributed by atoms with Crippen molar-refractivity contribution in [2.45, 2.75) is 44.4 Å². The Morgan fingerprint density at radius 3 is 2.88 bits per heavy atom. The molecule has 5 heteroatoms. The smallest absolute Gasteiger partial charge is 0.191 e. The van der Waals surface area contributed by atoms with Gasteiger partial charge in [-0.15, -0.1) is 10.2 Å². The molecule has 1 aromatic rings. The van der Waals surface area contributed by atoms with Gasteiger partial charge in [0.1, 0.15) is 6.61 Å². The maximum atomic E-state index is 9.05. The van der Waals surface area contributed by atoms with E-state index in [1.807, 2.05) is 11.6 Å². The summed E-state index contributed by atoms with van der Waals surface area (Å²) in [5, 5.41) is 18.0. The lowest BCUT2D eigenvalue weighted by molar-refractivity contribution is 0.266. The lowest BCUT2D eigenvalue weighted by Crippen LogP contribution is -2.15. The van der Waals surface area contributed by atoms with Crippen LogP contribution >= 0.6 is 11.8 Å². The Labute approximate surface area is 107 Å². The quantitative estimate of drug-likeness (QED) is 0.838. The van der Waals surface area contributed by atoms with Gasteiger partial charge < -0.3 is 9.67 Å². The zero-order valence-electron chi connectivity index (χ0n) is 10.6. The molecule has 1 heterocycles. The minimum absolute atomic E-state index is 0.0372. The topological polar surface area (TPSA) is 50.9 Å². The average molecular weight is 255 g/mol. The van der Waals surface area contributed by atoms with Gasteiger partial charge in [-0.25, -0.2) is 0 Å². The fraction of sp³-hybridized carbons (Fsp3) is 0.833. The van der Waals surface area contributed by atoms with E-state index < -0.39 is 0 Å². The fourth-order valence-electron chi connectivity index (χ4n) is 2.51. The Hall–Kier alpha value is -0.550. The van der Waals surface area contributed by atoms with Crippen LogP contribution in [0.4, 0.5) is 0 Å². The summed E-state index contributed by atoms with van der Waals surface area (Å²) in [6.45, 7) is 2.31. The summed E-state index contributed by atoms with van der Waals surface area (Å²) < 4.78 is 1.89. The van der Waals surface area contributed by atoms with Crippen LogP contribution in [0.5, 0.6) is 0 Å². The Balaban J connectivity index is 1.86. The molecular weight excluding hydrogens is 234 g/mol. The van der Waals surface area contributed by atoms with Crippen LogP contribution in [-0.2, 0) is 13.7 Å². The number of aromatic nitrogens is 3. The summed E-state index contributed by atoms with van der Waals surface area (Å²) >= 11 is 1.77. The highest BCUT2D eigenvalue weighted by molar-refractivity contribution is 7.99. The van der Waals surface area contributed by atoms with Gasteiger partial charge in [-0.3, -0.25) is 0 Å². The Morgan fingerprint density at radius 2 is 2.24 bits per heavy atom. The van der Waals surface area contributed by atoms with Crippen LogP contribution in [0.25, 0.3) is 0 Å². The van der Waals surface area contributed by atoms with E-state index in [4.69, 9.17) is 5.11 Å². The third-order valence-electron chi connectivity index (χ3n) is 3.56. The normalized spacial score (nSPS) is 25.1. The van der Waals surface area contributed by atoms with E-state index in [0.29, 0.717) is 5.82 Å². The predicted octanol–water partition coefficient (Wildman–Crippen LogP) is 2.23. The Kier molecular flexibility index (Phi) is 4.45. The van der Waals surface area contributed by atoms with E-state index in [2.05, 4.69) is 17.1 Å². The summed E-state index contributed by atoms with van der Waals surface area (Å²) in [4.78, 5) is 0. The average Bonchev–Trinajstić information content (AvgIpc) is 2.67. The lowest BCUT2D eigenvalue weighted by atomic mass is 9.83. The summed E-state index contributed by atoms with van der Waals surface area (Å²) in [6, 6.07) is 0. The van der Waals surface area contributed by atoms with Crippen molar-refractivity contribution in [3.63, 3.8) is 0 Å². The molecule has 2 atom stereocenters. The van der Waals surface area contributed by atoms with E-state index in [1.54, 1.807) is 11.8 Å². The van der Waals surface area contributed by atoms with Gasteiger partial charge in [-0.05, 0) is 24.7 Å². The highest BCUT2D eigenvalue weighted by Crippen LogP contribution is 2.32. The largest absolute Gasteiger partial charge is 0.388 e. The van der Waals surface area contributed by atoms with Crippen LogP contribution in [0.15, 0.2) is 5.16 Å². The molecule has 0 amide bonds. The van der Waals surface area contributed by atoms with Crippen LogP contribution in [0.1, 0.15) is 38.4 Å². The number of aliphatic hydroxyl groups excluding tert-OH is 1. The first-order chi connectivity index (χ1) is 8.20. The van der Waals surface area contributed by atoms with Crippen molar-refractivity contribution in [3.05, 3.63) is 5.82 Å².